The maximum absolute atomic E-state index is 14.2. The Bertz CT molecular complexity index is 1910. The van der Waals surface area contributed by atoms with E-state index >= 15 is 0 Å². The Hall–Kier alpha value is -5.25. The summed E-state index contributed by atoms with van der Waals surface area (Å²) >= 11 is 0. The molecule has 1 aromatic carbocycles. The van der Waals surface area contributed by atoms with Crippen LogP contribution in [0.25, 0.3) is 16.8 Å². The van der Waals surface area contributed by atoms with Gasteiger partial charge in [0.15, 0.2) is 0 Å². The number of pyridine rings is 1. The van der Waals surface area contributed by atoms with Crippen molar-refractivity contribution in [2.45, 2.75) is 67.5 Å². The van der Waals surface area contributed by atoms with E-state index in [0.717, 1.165) is 17.0 Å². The molecule has 4 N–H and O–H groups in total. The van der Waals surface area contributed by atoms with Gasteiger partial charge < -0.3 is 30.3 Å². The number of allylic oxidation sites excluding steroid dienone is 1. The quantitative estimate of drug-likeness (QED) is 0.217. The minimum absolute atomic E-state index is 0.0394. The third kappa shape index (κ3) is 7.90. The molecular weight excluding hydrogens is 680 g/mol. The van der Waals surface area contributed by atoms with Crippen molar-refractivity contribution >= 4 is 56.6 Å². The third-order valence-corrected chi connectivity index (χ3v) is 11.3. The molecule has 16 heteroatoms. The number of carbonyl (C=O) groups excluding carboxylic acids is 5. The molecule has 4 bridgehead atoms. The highest BCUT2D eigenvalue weighted by molar-refractivity contribution is 7.91. The first-order valence-corrected chi connectivity index (χ1v) is 18.4. The molecule has 51 heavy (non-hydrogen) atoms. The van der Waals surface area contributed by atoms with Crippen molar-refractivity contribution in [3.05, 3.63) is 67.4 Å². The van der Waals surface area contributed by atoms with E-state index in [1.807, 2.05) is 36.4 Å². The number of alkyl carbamates (subject to hydrolysis) is 1. The lowest BCUT2D eigenvalue weighted by molar-refractivity contribution is -0.141. The van der Waals surface area contributed by atoms with E-state index < -0.39 is 74.6 Å². The normalized spacial score (nSPS) is 27.1. The number of hydrogen-bond acceptors (Lipinski definition) is 10. The minimum Gasteiger partial charge on any atom is -0.472 e. The molecule has 2 aromatic rings. The number of amides is 5. The number of aromatic nitrogens is 1. The Morgan fingerprint density at radius 3 is 2.69 bits per heavy atom. The number of sulfonamides is 1. The second-order valence-electron chi connectivity index (χ2n) is 13.1. The Kier molecular flexibility index (Phi) is 10.1. The zero-order chi connectivity index (χ0) is 36.3. The summed E-state index contributed by atoms with van der Waals surface area (Å²) in [5.41, 5.74) is -0.709. The fraction of sp³-hybridized carbons (Fsp3) is 0.429. The van der Waals surface area contributed by atoms with Gasteiger partial charge in [-0.3, -0.25) is 23.9 Å². The summed E-state index contributed by atoms with van der Waals surface area (Å²) in [4.78, 5) is 72.4. The number of nitrogens with one attached hydrogen (secondary N) is 4. The van der Waals surface area contributed by atoms with Crippen molar-refractivity contribution < 1.29 is 41.9 Å². The fourth-order valence-electron chi connectivity index (χ4n) is 6.35. The van der Waals surface area contributed by atoms with Gasteiger partial charge in [-0.2, -0.15) is 0 Å². The van der Waals surface area contributed by atoms with Crippen molar-refractivity contribution in [3.63, 3.8) is 0 Å². The average molecular weight is 721 g/mol. The summed E-state index contributed by atoms with van der Waals surface area (Å²) in [5.74, 6) is -3.22. The van der Waals surface area contributed by atoms with Gasteiger partial charge in [-0.15, -0.1) is 6.58 Å². The highest BCUT2D eigenvalue weighted by Gasteiger charge is 2.62. The monoisotopic (exact) mass is 720 g/mol. The number of nitrogens with zero attached hydrogens (tertiary/aromatic N) is 2. The summed E-state index contributed by atoms with van der Waals surface area (Å²) in [7, 11) is -3.92. The number of hydrogen-bond donors (Lipinski definition) is 4. The Labute approximate surface area is 294 Å². The van der Waals surface area contributed by atoms with Crippen LogP contribution in [0.2, 0.25) is 0 Å². The van der Waals surface area contributed by atoms with Gasteiger partial charge in [0.1, 0.15) is 23.7 Å². The van der Waals surface area contributed by atoms with Crippen molar-refractivity contribution in [1.29, 1.82) is 0 Å². The standard InChI is InChI=1S/C35H40N6O9S/c1-3-23-18-35(23,33(45)40-51(47,48)25-11-12-25)39-30(43)28-17-24-20-41(28)32(44)27(19-37-29(42)4-2)38-34(46)49-15-7-5-6-8-21-9-10-22-13-14-36-31(50-24)26(22)16-21/h3-4,6,8-10,13-14,16,23-25,27-28H,1-2,5,7,11-12,15,17-20H2,(H,37,42)(H,38,46)(H,39,43)(H,40,45)/b8-6+/t23?,24-,27+,28+,35-/m1/s1. The summed E-state index contributed by atoms with van der Waals surface area (Å²) < 4.78 is 39.1. The van der Waals surface area contributed by atoms with Gasteiger partial charge in [-0.25, -0.2) is 18.2 Å². The molecule has 2 aliphatic heterocycles. The Morgan fingerprint density at radius 2 is 1.96 bits per heavy atom. The molecular formula is C35H40N6O9S. The molecule has 1 unspecified atom stereocenters. The predicted octanol–water partition coefficient (Wildman–Crippen LogP) is 1.46. The minimum atomic E-state index is -3.92. The number of carbonyl (C=O) groups is 5. The molecule has 5 amide bonds. The van der Waals surface area contributed by atoms with Crippen LogP contribution >= 0.6 is 0 Å². The van der Waals surface area contributed by atoms with E-state index in [-0.39, 0.29) is 38.4 Å². The van der Waals surface area contributed by atoms with Crippen LogP contribution in [-0.2, 0) is 33.9 Å². The highest BCUT2D eigenvalue weighted by atomic mass is 32.2. The van der Waals surface area contributed by atoms with Gasteiger partial charge in [0, 0.05) is 30.5 Å². The van der Waals surface area contributed by atoms with Crippen LogP contribution in [0.1, 0.15) is 44.1 Å². The van der Waals surface area contributed by atoms with Crippen LogP contribution in [-0.4, -0.2) is 96.7 Å². The van der Waals surface area contributed by atoms with E-state index in [4.69, 9.17) is 9.47 Å². The second-order valence-corrected chi connectivity index (χ2v) is 15.0. The Balaban J connectivity index is 1.32. The van der Waals surface area contributed by atoms with E-state index in [2.05, 4.69) is 38.8 Å². The predicted molar refractivity (Wildman–Crippen MR) is 185 cm³/mol. The topological polar surface area (TPSA) is 202 Å². The average Bonchev–Trinajstić information content (AvgIpc) is 4.04. The first-order chi connectivity index (χ1) is 24.4. The van der Waals surface area contributed by atoms with Crippen molar-refractivity contribution in [2.24, 2.45) is 5.92 Å². The molecule has 15 nitrogen and oxygen atoms in total. The van der Waals surface area contributed by atoms with Crippen molar-refractivity contribution in [2.75, 3.05) is 19.7 Å². The van der Waals surface area contributed by atoms with Gasteiger partial charge >= 0.3 is 6.09 Å². The second kappa shape index (κ2) is 14.5. The van der Waals surface area contributed by atoms with Gasteiger partial charge in [0.2, 0.25) is 33.6 Å². The summed E-state index contributed by atoms with van der Waals surface area (Å²) in [5, 5.41) is 8.64. The fourth-order valence-corrected chi connectivity index (χ4v) is 7.72. The van der Waals surface area contributed by atoms with E-state index in [1.165, 1.54) is 11.0 Å². The van der Waals surface area contributed by atoms with E-state index in [9.17, 15) is 32.4 Å². The molecule has 3 heterocycles. The molecule has 2 saturated carbocycles. The Morgan fingerprint density at radius 1 is 1.16 bits per heavy atom. The van der Waals surface area contributed by atoms with Crippen LogP contribution < -0.4 is 25.4 Å². The van der Waals surface area contributed by atoms with Crippen LogP contribution in [0.3, 0.4) is 0 Å². The lowest BCUT2D eigenvalue weighted by Gasteiger charge is -2.29. The number of cyclic esters (lactones) is 1. The zero-order valence-corrected chi connectivity index (χ0v) is 28.7. The van der Waals surface area contributed by atoms with Gasteiger partial charge in [-0.05, 0) is 61.3 Å². The molecule has 5 atom stereocenters. The molecule has 1 aromatic heterocycles. The van der Waals surface area contributed by atoms with Gasteiger partial charge in [0.05, 0.1) is 18.4 Å². The molecule has 0 spiro atoms. The maximum Gasteiger partial charge on any atom is 0.407 e. The molecule has 0 radical (unpaired) electrons. The summed E-state index contributed by atoms with van der Waals surface area (Å²) in [6, 6.07) is 5.03. The molecule has 1 saturated heterocycles. The number of rotatable bonds is 9. The smallest absolute Gasteiger partial charge is 0.407 e. The van der Waals surface area contributed by atoms with Gasteiger partial charge in [0.25, 0.3) is 5.91 Å². The van der Waals surface area contributed by atoms with Crippen LogP contribution in [0.4, 0.5) is 4.79 Å². The largest absolute Gasteiger partial charge is 0.472 e. The number of benzene rings is 1. The van der Waals surface area contributed by atoms with Crippen LogP contribution in [0.15, 0.2) is 61.8 Å². The number of ether oxygens (including phenoxy) is 2. The lowest BCUT2D eigenvalue weighted by atomic mass is 10.1. The SMILES string of the molecule is C=CC(=O)NC[C@@H]1NC(=O)OCCC/C=C/c2ccc3ccnc(c3c2)O[C@@H]2C[C@@H](C(=O)N[C@]3(C(=O)NS(=O)(=O)C4CC4)CC3C=C)N(C2)C1=O. The first kappa shape index (κ1) is 35.6. The van der Waals surface area contributed by atoms with Crippen molar-refractivity contribution in [3.8, 4) is 5.88 Å². The highest BCUT2D eigenvalue weighted by Crippen LogP contribution is 2.45. The molecule has 2 aliphatic carbocycles. The molecule has 6 rings (SSSR count). The molecule has 270 valence electrons. The summed E-state index contributed by atoms with van der Waals surface area (Å²) in [6.07, 6.45) is 8.32. The number of fused-ring (bicyclic) bond motifs is 3. The van der Waals surface area contributed by atoms with Crippen LogP contribution in [0.5, 0.6) is 5.88 Å². The molecule has 4 aliphatic rings. The van der Waals surface area contributed by atoms with Gasteiger partial charge in [-0.1, -0.05) is 36.9 Å². The van der Waals surface area contributed by atoms with Crippen molar-refractivity contribution in [1.82, 2.24) is 30.6 Å². The summed E-state index contributed by atoms with van der Waals surface area (Å²) in [6.45, 7) is 6.72. The zero-order valence-electron chi connectivity index (χ0n) is 27.8. The van der Waals surface area contributed by atoms with E-state index in [0.29, 0.717) is 31.1 Å². The van der Waals surface area contributed by atoms with E-state index in [1.54, 1.807) is 6.20 Å². The van der Waals surface area contributed by atoms with Crippen LogP contribution in [0, 0.1) is 5.92 Å². The third-order valence-electron chi connectivity index (χ3n) is 9.44. The molecule has 3 fully saturated rings. The maximum atomic E-state index is 14.2. The first-order valence-electron chi connectivity index (χ1n) is 16.8. The lowest BCUT2D eigenvalue weighted by Crippen LogP contribution is -2.59.